The van der Waals surface area contributed by atoms with Gasteiger partial charge in [0.05, 0.1) is 4.90 Å². The molecule has 1 unspecified atom stereocenters. The summed E-state index contributed by atoms with van der Waals surface area (Å²) in [4.78, 5) is 16.5. The van der Waals surface area contributed by atoms with Crippen molar-refractivity contribution >= 4 is 27.5 Å². The van der Waals surface area contributed by atoms with Crippen LogP contribution in [0.1, 0.15) is 42.9 Å². The molecule has 0 radical (unpaired) electrons. The lowest BCUT2D eigenvalue weighted by Crippen LogP contribution is -2.44. The Morgan fingerprint density at radius 2 is 1.86 bits per heavy atom. The van der Waals surface area contributed by atoms with Crippen LogP contribution >= 0.6 is 11.6 Å². The third-order valence-electron chi connectivity index (χ3n) is 4.96. The summed E-state index contributed by atoms with van der Waals surface area (Å²) in [6.45, 7) is -0.0464. The molecule has 1 fully saturated rings. The van der Waals surface area contributed by atoms with Crippen molar-refractivity contribution in [1.82, 2.24) is 15.6 Å². The van der Waals surface area contributed by atoms with Gasteiger partial charge in [0.25, 0.3) is 0 Å². The largest absolute Gasteiger partial charge is 0.336 e. The molecule has 1 heterocycles. The summed E-state index contributed by atoms with van der Waals surface area (Å²) in [7, 11) is -3.74. The Bertz CT molecular complexity index is 883. The van der Waals surface area contributed by atoms with Gasteiger partial charge >= 0.3 is 6.03 Å². The third-order valence-corrected chi connectivity index (χ3v) is 7.33. The monoisotopic (exact) mass is 421 g/mol. The molecule has 150 valence electrons. The second kappa shape index (κ2) is 9.39. The average molecular weight is 422 g/mol. The van der Waals surface area contributed by atoms with Crippen molar-refractivity contribution < 1.29 is 13.2 Å². The van der Waals surface area contributed by atoms with Crippen LogP contribution in [0.5, 0.6) is 0 Å². The molecule has 0 saturated heterocycles. The van der Waals surface area contributed by atoms with Crippen molar-refractivity contribution in [1.29, 1.82) is 0 Å². The molecular weight excluding hydrogens is 398 g/mol. The molecule has 0 spiro atoms. The predicted octanol–water partition coefficient (Wildman–Crippen LogP) is 3.88. The number of nitrogens with zero attached hydrogens (tertiary/aromatic N) is 1. The SMILES string of the molecule is O=C(NCC(c1cccnc1)S(=O)(=O)c1ccc(Cl)cc1)NC1CCCCC1. The summed E-state index contributed by atoms with van der Waals surface area (Å²) in [6, 6.07) is 9.22. The minimum absolute atomic E-state index is 0.0464. The maximum atomic E-state index is 13.2. The van der Waals surface area contributed by atoms with Crippen LogP contribution in [-0.2, 0) is 9.84 Å². The molecule has 6 nitrogen and oxygen atoms in total. The number of rotatable bonds is 6. The highest BCUT2D eigenvalue weighted by atomic mass is 35.5. The number of hydrogen-bond acceptors (Lipinski definition) is 4. The van der Waals surface area contributed by atoms with Gasteiger partial charge < -0.3 is 10.6 Å². The van der Waals surface area contributed by atoms with Crippen LogP contribution in [0.3, 0.4) is 0 Å². The minimum Gasteiger partial charge on any atom is -0.336 e. The van der Waals surface area contributed by atoms with E-state index in [1.165, 1.54) is 36.9 Å². The Morgan fingerprint density at radius 3 is 2.50 bits per heavy atom. The summed E-state index contributed by atoms with van der Waals surface area (Å²) in [5.41, 5.74) is 0.524. The van der Waals surface area contributed by atoms with Gasteiger partial charge in [-0.1, -0.05) is 36.9 Å². The Hall–Kier alpha value is -2.12. The van der Waals surface area contributed by atoms with Gasteiger partial charge in [-0.25, -0.2) is 13.2 Å². The van der Waals surface area contributed by atoms with Crippen LogP contribution in [0, 0.1) is 0 Å². The standard InChI is InChI=1S/C20H24ClN3O3S/c21-16-8-10-18(11-9-16)28(26,27)19(15-5-4-12-22-13-15)14-23-20(25)24-17-6-2-1-3-7-17/h4-5,8-13,17,19H,1-3,6-7,14H2,(H2,23,24,25). The van der Waals surface area contributed by atoms with E-state index in [0.29, 0.717) is 10.6 Å². The fourth-order valence-corrected chi connectivity index (χ4v) is 5.20. The van der Waals surface area contributed by atoms with Crippen LogP contribution in [0.15, 0.2) is 53.7 Å². The first-order chi connectivity index (χ1) is 13.5. The number of nitrogens with one attached hydrogen (secondary N) is 2. The van der Waals surface area contributed by atoms with Crippen molar-refractivity contribution in [3.8, 4) is 0 Å². The molecule has 8 heteroatoms. The first-order valence-electron chi connectivity index (χ1n) is 9.40. The van der Waals surface area contributed by atoms with Crippen LogP contribution < -0.4 is 10.6 Å². The summed E-state index contributed by atoms with van der Waals surface area (Å²) < 4.78 is 26.4. The second-order valence-corrected chi connectivity index (χ2v) is 9.53. The predicted molar refractivity (Wildman–Crippen MR) is 109 cm³/mol. The lowest BCUT2D eigenvalue weighted by Gasteiger charge is -2.24. The quantitative estimate of drug-likeness (QED) is 0.740. The summed E-state index contributed by atoms with van der Waals surface area (Å²) >= 11 is 5.88. The highest BCUT2D eigenvalue weighted by molar-refractivity contribution is 7.91. The number of carbonyl (C=O) groups excluding carboxylic acids is 1. The third kappa shape index (κ3) is 5.23. The summed E-state index contributed by atoms with van der Waals surface area (Å²) in [6.07, 6.45) is 8.42. The van der Waals surface area contributed by atoms with Gasteiger partial charge in [0.15, 0.2) is 9.84 Å². The van der Waals surface area contributed by atoms with Crippen molar-refractivity contribution in [3.05, 3.63) is 59.4 Å². The Balaban J connectivity index is 1.76. The number of carbonyl (C=O) groups is 1. The molecule has 2 amide bonds. The van der Waals surface area contributed by atoms with E-state index < -0.39 is 15.1 Å². The van der Waals surface area contributed by atoms with Gasteiger partial charge in [-0.15, -0.1) is 0 Å². The molecule has 1 saturated carbocycles. The molecule has 1 aromatic carbocycles. The molecule has 2 N–H and O–H groups in total. The summed E-state index contributed by atoms with van der Waals surface area (Å²) in [5, 5.41) is 5.19. The van der Waals surface area contributed by atoms with Crippen molar-refractivity contribution in [2.24, 2.45) is 0 Å². The molecule has 1 aliphatic rings. The lowest BCUT2D eigenvalue weighted by molar-refractivity contribution is 0.232. The van der Waals surface area contributed by atoms with Gasteiger partial charge in [-0.2, -0.15) is 0 Å². The Labute approximate surface area is 170 Å². The molecular formula is C20H24ClN3O3S. The molecule has 1 atom stereocenters. The maximum Gasteiger partial charge on any atom is 0.315 e. The number of sulfone groups is 1. The summed E-state index contributed by atoms with van der Waals surface area (Å²) in [5.74, 6) is 0. The number of urea groups is 1. The van der Waals surface area contributed by atoms with E-state index in [-0.39, 0.29) is 23.5 Å². The first-order valence-corrected chi connectivity index (χ1v) is 11.3. The highest BCUT2D eigenvalue weighted by Crippen LogP contribution is 2.29. The zero-order chi connectivity index (χ0) is 20.0. The Morgan fingerprint density at radius 1 is 1.14 bits per heavy atom. The topological polar surface area (TPSA) is 88.2 Å². The van der Waals surface area contributed by atoms with Crippen LogP contribution in [0.25, 0.3) is 0 Å². The molecule has 0 bridgehead atoms. The van der Waals surface area contributed by atoms with E-state index in [0.717, 1.165) is 25.7 Å². The lowest BCUT2D eigenvalue weighted by atomic mass is 9.96. The maximum absolute atomic E-state index is 13.2. The van der Waals surface area contributed by atoms with E-state index in [1.807, 2.05) is 0 Å². The molecule has 1 aromatic heterocycles. The fourth-order valence-electron chi connectivity index (χ4n) is 3.43. The fraction of sp³-hybridized carbons (Fsp3) is 0.400. The van der Waals surface area contributed by atoms with E-state index in [2.05, 4.69) is 15.6 Å². The number of hydrogen-bond donors (Lipinski definition) is 2. The first kappa shape index (κ1) is 20.6. The molecule has 2 aromatic rings. The zero-order valence-electron chi connectivity index (χ0n) is 15.5. The minimum atomic E-state index is -3.74. The highest BCUT2D eigenvalue weighted by Gasteiger charge is 2.30. The van der Waals surface area contributed by atoms with Crippen molar-refractivity contribution in [3.63, 3.8) is 0 Å². The van der Waals surface area contributed by atoms with Gasteiger partial charge in [-0.3, -0.25) is 4.98 Å². The van der Waals surface area contributed by atoms with Gasteiger partial charge in [0.1, 0.15) is 5.25 Å². The number of benzene rings is 1. The van der Waals surface area contributed by atoms with E-state index in [1.54, 1.807) is 18.3 Å². The number of amides is 2. The van der Waals surface area contributed by atoms with E-state index >= 15 is 0 Å². The van der Waals surface area contributed by atoms with Gasteiger partial charge in [0.2, 0.25) is 0 Å². The van der Waals surface area contributed by atoms with E-state index in [4.69, 9.17) is 11.6 Å². The van der Waals surface area contributed by atoms with Crippen LogP contribution in [-0.4, -0.2) is 32.0 Å². The molecule has 28 heavy (non-hydrogen) atoms. The average Bonchev–Trinajstić information content (AvgIpc) is 2.70. The van der Waals surface area contributed by atoms with Crippen LogP contribution in [0.2, 0.25) is 5.02 Å². The van der Waals surface area contributed by atoms with Gasteiger partial charge in [-0.05, 0) is 48.7 Å². The zero-order valence-corrected chi connectivity index (χ0v) is 17.0. The number of pyridine rings is 1. The molecule has 0 aliphatic heterocycles. The normalized spacial score (nSPS) is 16.3. The van der Waals surface area contributed by atoms with Gasteiger partial charge in [0, 0.05) is 30.0 Å². The number of halogens is 1. The Kier molecular flexibility index (Phi) is 6.91. The second-order valence-electron chi connectivity index (χ2n) is 6.96. The van der Waals surface area contributed by atoms with Crippen LogP contribution in [0.4, 0.5) is 4.79 Å². The van der Waals surface area contributed by atoms with Crippen molar-refractivity contribution in [2.75, 3.05) is 6.54 Å². The van der Waals surface area contributed by atoms with E-state index in [9.17, 15) is 13.2 Å². The number of aromatic nitrogens is 1. The molecule has 1 aliphatic carbocycles. The smallest absolute Gasteiger partial charge is 0.315 e. The van der Waals surface area contributed by atoms with Crippen molar-refractivity contribution in [2.45, 2.75) is 48.3 Å². The molecule has 3 rings (SSSR count).